The molecule has 2 heterocycles. The van der Waals surface area contributed by atoms with E-state index in [0.29, 0.717) is 22.2 Å². The van der Waals surface area contributed by atoms with Gasteiger partial charge in [0, 0.05) is 0 Å². The summed E-state index contributed by atoms with van der Waals surface area (Å²) in [4.78, 5) is 10.3. The second-order valence-corrected chi connectivity index (χ2v) is 6.70. The van der Waals surface area contributed by atoms with Crippen LogP contribution in [-0.2, 0) is 7.05 Å². The molecular formula is C14H10ClN6Pb. The fourth-order valence-electron chi connectivity index (χ4n) is 1.82. The van der Waals surface area contributed by atoms with Crippen LogP contribution in [0.25, 0.3) is 11.5 Å². The molecule has 22 heavy (non-hydrogen) atoms. The summed E-state index contributed by atoms with van der Waals surface area (Å²) in [7, 11) is 1.69. The molecule has 0 N–H and O–H groups in total. The molecule has 107 valence electrons. The van der Waals surface area contributed by atoms with Crippen LogP contribution < -0.4 is 0 Å². The predicted molar refractivity (Wildman–Crippen MR) is 85.4 cm³/mol. The number of halogens is 1. The third kappa shape index (κ3) is 3.38. The zero-order chi connectivity index (χ0) is 15.5. The van der Waals surface area contributed by atoms with Crippen LogP contribution in [0, 0.1) is 0 Å². The van der Waals surface area contributed by atoms with E-state index < -0.39 is 0 Å². The SMILES string of the molecule is Cn1nnc(-c2ncc(N=[C]([Pb])c3ccccc3)cc2Cl)n1. The van der Waals surface area contributed by atoms with E-state index in [1.165, 1.54) is 4.80 Å². The number of aromatic nitrogens is 5. The number of hydrogen-bond donors (Lipinski definition) is 0. The first-order valence-electron chi connectivity index (χ1n) is 6.39. The molecule has 0 unspecified atom stereocenters. The first-order valence-corrected chi connectivity index (χ1v) is 8.71. The van der Waals surface area contributed by atoms with Crippen molar-refractivity contribution in [2.24, 2.45) is 12.0 Å². The van der Waals surface area contributed by atoms with Crippen LogP contribution in [0.1, 0.15) is 5.56 Å². The van der Waals surface area contributed by atoms with Crippen molar-refractivity contribution in [2.45, 2.75) is 0 Å². The molecule has 0 aliphatic carbocycles. The van der Waals surface area contributed by atoms with E-state index in [9.17, 15) is 0 Å². The molecule has 0 atom stereocenters. The summed E-state index contributed by atoms with van der Waals surface area (Å²) in [6, 6.07) is 11.8. The summed E-state index contributed by atoms with van der Waals surface area (Å²) in [5.74, 6) is 0.400. The predicted octanol–water partition coefficient (Wildman–Crippen LogP) is 2.17. The fourth-order valence-corrected chi connectivity index (χ4v) is 3.22. The second kappa shape index (κ2) is 6.61. The Labute approximate surface area is 147 Å². The van der Waals surface area contributed by atoms with Crippen molar-refractivity contribution in [2.75, 3.05) is 0 Å². The summed E-state index contributed by atoms with van der Waals surface area (Å²) in [5.41, 5.74) is 2.33. The molecule has 2 aromatic heterocycles. The normalized spacial score (nSPS) is 11.7. The molecule has 0 bridgehead atoms. The number of aliphatic imine (C=N–C) groups is 1. The van der Waals surface area contributed by atoms with Gasteiger partial charge in [0.1, 0.15) is 0 Å². The van der Waals surface area contributed by atoms with Crippen LogP contribution in [0.2, 0.25) is 5.02 Å². The van der Waals surface area contributed by atoms with Crippen molar-refractivity contribution >= 4 is 46.3 Å². The van der Waals surface area contributed by atoms with Gasteiger partial charge in [-0.2, -0.15) is 0 Å². The van der Waals surface area contributed by atoms with E-state index in [0.717, 1.165) is 34.6 Å². The maximum absolute atomic E-state index is 6.27. The molecule has 0 fully saturated rings. The van der Waals surface area contributed by atoms with Crippen LogP contribution >= 0.6 is 11.6 Å². The number of aryl methyl sites for hydroxylation is 1. The van der Waals surface area contributed by atoms with E-state index in [2.05, 4.69) is 25.4 Å². The van der Waals surface area contributed by atoms with Crippen molar-refractivity contribution in [3.05, 3.63) is 53.2 Å². The van der Waals surface area contributed by atoms with Crippen molar-refractivity contribution in [3.8, 4) is 11.5 Å². The molecule has 0 aliphatic rings. The molecule has 0 saturated carbocycles. The fraction of sp³-hybridized carbons (Fsp3) is 0.0714. The van der Waals surface area contributed by atoms with Gasteiger partial charge in [-0.05, 0) is 0 Å². The third-order valence-electron chi connectivity index (χ3n) is 2.84. The Hall–Kier alpha value is -1.68. The number of hydrogen-bond acceptors (Lipinski definition) is 5. The summed E-state index contributed by atoms with van der Waals surface area (Å²) in [6.45, 7) is 0. The molecule has 0 amide bonds. The third-order valence-corrected chi connectivity index (χ3v) is 4.68. The Kier molecular flexibility index (Phi) is 4.58. The van der Waals surface area contributed by atoms with Gasteiger partial charge in [-0.1, -0.05) is 0 Å². The van der Waals surface area contributed by atoms with Crippen LogP contribution in [0.4, 0.5) is 5.69 Å². The Bertz CT molecular complexity index is 830. The number of benzene rings is 1. The van der Waals surface area contributed by atoms with Crippen LogP contribution in [0.3, 0.4) is 0 Å². The van der Waals surface area contributed by atoms with Gasteiger partial charge in [0.2, 0.25) is 0 Å². The number of nitrogens with zero attached hydrogens (tertiary/aromatic N) is 6. The van der Waals surface area contributed by atoms with Crippen LogP contribution in [0.5, 0.6) is 0 Å². The van der Waals surface area contributed by atoms with Gasteiger partial charge in [-0.15, -0.1) is 0 Å². The second-order valence-electron chi connectivity index (χ2n) is 4.45. The van der Waals surface area contributed by atoms with Gasteiger partial charge in [-0.25, -0.2) is 0 Å². The molecule has 3 radical (unpaired) electrons. The standard InChI is InChI=1S/C14H10ClN6.Pb/c1-21-19-14(18-20-21)13-12(15)7-11(9-17-13)16-8-10-5-3-2-4-6-10;/h2-7,9H,1H3;. The average Bonchev–Trinajstić information content (AvgIpc) is 2.94. The summed E-state index contributed by atoms with van der Waals surface area (Å²) < 4.78 is 1.03. The van der Waals surface area contributed by atoms with Crippen molar-refractivity contribution in [3.63, 3.8) is 0 Å². The molecule has 3 rings (SSSR count). The molecule has 6 nitrogen and oxygen atoms in total. The molecule has 0 aliphatic heterocycles. The molecular weight excluding hydrogens is 495 g/mol. The van der Waals surface area contributed by atoms with Gasteiger partial charge in [0.15, 0.2) is 0 Å². The van der Waals surface area contributed by atoms with Crippen molar-refractivity contribution in [1.29, 1.82) is 0 Å². The molecule has 0 saturated heterocycles. The van der Waals surface area contributed by atoms with E-state index in [-0.39, 0.29) is 0 Å². The number of rotatable bonds is 3. The quantitative estimate of drug-likeness (QED) is 0.405. The Morgan fingerprint density at radius 1 is 1.27 bits per heavy atom. The zero-order valence-corrected chi connectivity index (χ0v) is 16.2. The average molecular weight is 505 g/mol. The molecule has 0 spiro atoms. The zero-order valence-electron chi connectivity index (χ0n) is 11.6. The monoisotopic (exact) mass is 505 g/mol. The Balaban J connectivity index is 1.92. The minimum atomic E-state index is 0.400. The van der Waals surface area contributed by atoms with Crippen molar-refractivity contribution < 1.29 is 0 Å². The van der Waals surface area contributed by atoms with Gasteiger partial charge in [0.25, 0.3) is 0 Å². The summed E-state index contributed by atoms with van der Waals surface area (Å²) >= 11 is 7.09. The topological polar surface area (TPSA) is 68.8 Å². The minimum absolute atomic E-state index is 0.400. The summed E-state index contributed by atoms with van der Waals surface area (Å²) in [5, 5.41) is 12.2. The van der Waals surface area contributed by atoms with Gasteiger partial charge in [-0.3, -0.25) is 0 Å². The van der Waals surface area contributed by atoms with E-state index >= 15 is 0 Å². The molecule has 8 heteroatoms. The van der Waals surface area contributed by atoms with E-state index in [1.807, 2.05) is 30.3 Å². The maximum atomic E-state index is 6.27. The first kappa shape index (κ1) is 15.2. The summed E-state index contributed by atoms with van der Waals surface area (Å²) in [6.07, 6.45) is 1.67. The Morgan fingerprint density at radius 3 is 2.68 bits per heavy atom. The van der Waals surface area contributed by atoms with Crippen LogP contribution in [-0.4, -0.2) is 54.2 Å². The Morgan fingerprint density at radius 2 is 2.05 bits per heavy atom. The first-order chi connectivity index (χ1) is 10.6. The van der Waals surface area contributed by atoms with Gasteiger partial charge < -0.3 is 0 Å². The van der Waals surface area contributed by atoms with E-state index in [4.69, 9.17) is 11.6 Å². The van der Waals surface area contributed by atoms with Crippen LogP contribution in [0.15, 0.2) is 47.6 Å². The number of tetrazole rings is 1. The van der Waals surface area contributed by atoms with E-state index in [1.54, 1.807) is 19.3 Å². The van der Waals surface area contributed by atoms with Gasteiger partial charge in [0.05, 0.1) is 0 Å². The number of pyridine rings is 1. The molecule has 3 aromatic rings. The van der Waals surface area contributed by atoms with Crippen molar-refractivity contribution in [1.82, 2.24) is 25.2 Å². The molecule has 1 aromatic carbocycles. The van der Waals surface area contributed by atoms with Gasteiger partial charge >= 0.3 is 148 Å².